The lowest BCUT2D eigenvalue weighted by molar-refractivity contribution is -0.161. The lowest BCUT2D eigenvalue weighted by Gasteiger charge is -2.39. The molecule has 2 N–H and O–H groups in total. The van der Waals surface area contributed by atoms with Crippen molar-refractivity contribution in [3.63, 3.8) is 0 Å². The number of amides is 1. The molecule has 5 nitrogen and oxygen atoms in total. The Balaban J connectivity index is 2.17. The van der Waals surface area contributed by atoms with Crippen molar-refractivity contribution in [3.8, 4) is 0 Å². The molecule has 1 saturated heterocycles. The smallest absolute Gasteiger partial charge is 0.326 e. The van der Waals surface area contributed by atoms with Gasteiger partial charge in [0.25, 0.3) is 5.91 Å². The van der Waals surface area contributed by atoms with Crippen LogP contribution in [-0.2, 0) is 9.59 Å². The van der Waals surface area contributed by atoms with Crippen LogP contribution in [-0.4, -0.2) is 39.6 Å². The third kappa shape index (κ3) is 2.72. The van der Waals surface area contributed by atoms with Gasteiger partial charge in [0, 0.05) is 11.6 Å². The topological polar surface area (TPSA) is 77.8 Å². The average Bonchev–Trinajstić information content (AvgIpc) is 2.24. The van der Waals surface area contributed by atoms with Gasteiger partial charge in [0.2, 0.25) is 0 Å². The molecule has 19 heavy (non-hydrogen) atoms. The number of carboxylic acid groups (broad SMARTS) is 1. The summed E-state index contributed by atoms with van der Waals surface area (Å²) in [4.78, 5) is 24.1. The Morgan fingerprint density at radius 3 is 2.58 bits per heavy atom. The maximum atomic E-state index is 12.0. The summed E-state index contributed by atoms with van der Waals surface area (Å²) < 4.78 is 0. The Morgan fingerprint density at radius 2 is 2.11 bits per heavy atom. The highest BCUT2D eigenvalue weighted by atomic mass is 35.5. The van der Waals surface area contributed by atoms with Gasteiger partial charge in [-0.25, -0.2) is 4.79 Å². The number of nitrogens with zero attached hydrogens (tertiary/aromatic N) is 1. The molecule has 0 aromatic heterocycles. The largest absolute Gasteiger partial charge is 0.480 e. The van der Waals surface area contributed by atoms with Crippen LogP contribution in [0.4, 0.5) is 0 Å². The van der Waals surface area contributed by atoms with E-state index in [0.717, 1.165) is 5.56 Å². The summed E-state index contributed by atoms with van der Waals surface area (Å²) in [5, 5.41) is 19.4. The molecule has 1 fully saturated rings. The number of rotatable bonds is 3. The Bertz CT molecular complexity index is 511. The second kappa shape index (κ2) is 5.19. The average molecular weight is 284 g/mol. The molecule has 2 atom stereocenters. The molecule has 6 heteroatoms. The van der Waals surface area contributed by atoms with Crippen molar-refractivity contribution >= 4 is 23.5 Å². The first kappa shape index (κ1) is 13.8. The SMILES string of the molecule is Cc1cc(Cl)cc([C@@H](O)C(=O)N2CC[C@H]2C(=O)O)c1. The highest BCUT2D eigenvalue weighted by molar-refractivity contribution is 6.30. The number of halogens is 1. The first-order valence-electron chi connectivity index (χ1n) is 5.88. The fourth-order valence-corrected chi connectivity index (χ4v) is 2.43. The summed E-state index contributed by atoms with van der Waals surface area (Å²) in [5.74, 6) is -1.64. The molecule has 1 aromatic carbocycles. The predicted molar refractivity (Wildman–Crippen MR) is 68.9 cm³/mol. The summed E-state index contributed by atoms with van der Waals surface area (Å²) in [7, 11) is 0. The maximum absolute atomic E-state index is 12.0. The Labute approximate surface area is 115 Å². The summed E-state index contributed by atoms with van der Waals surface area (Å²) in [5.41, 5.74) is 1.21. The van der Waals surface area contributed by atoms with Crippen molar-refractivity contribution in [3.05, 3.63) is 34.3 Å². The molecule has 0 aliphatic carbocycles. The van der Waals surface area contributed by atoms with Gasteiger partial charge < -0.3 is 15.1 Å². The number of aliphatic hydroxyl groups excluding tert-OH is 1. The molecular formula is C13H14ClNO4. The molecule has 0 unspecified atom stereocenters. The fraction of sp³-hybridized carbons (Fsp3) is 0.385. The van der Waals surface area contributed by atoms with Crippen LogP contribution in [0.1, 0.15) is 23.7 Å². The van der Waals surface area contributed by atoms with Crippen LogP contribution >= 0.6 is 11.6 Å². The molecular weight excluding hydrogens is 270 g/mol. The molecule has 1 heterocycles. The lowest BCUT2D eigenvalue weighted by Crippen LogP contribution is -2.56. The van der Waals surface area contributed by atoms with E-state index in [2.05, 4.69) is 0 Å². The van der Waals surface area contributed by atoms with E-state index < -0.39 is 24.0 Å². The van der Waals surface area contributed by atoms with Gasteiger partial charge in [-0.3, -0.25) is 4.79 Å². The molecule has 102 valence electrons. The zero-order valence-electron chi connectivity index (χ0n) is 10.3. The van der Waals surface area contributed by atoms with Gasteiger partial charge in [-0.15, -0.1) is 0 Å². The van der Waals surface area contributed by atoms with Crippen molar-refractivity contribution in [1.29, 1.82) is 0 Å². The van der Waals surface area contributed by atoms with E-state index in [1.807, 2.05) is 0 Å². The Hall–Kier alpha value is -1.59. The lowest BCUT2D eigenvalue weighted by atomic mass is 9.99. The van der Waals surface area contributed by atoms with Gasteiger partial charge in [0.05, 0.1) is 0 Å². The van der Waals surface area contributed by atoms with Crippen molar-refractivity contribution in [1.82, 2.24) is 4.90 Å². The van der Waals surface area contributed by atoms with Crippen molar-refractivity contribution in [2.45, 2.75) is 25.5 Å². The highest BCUT2D eigenvalue weighted by Gasteiger charge is 2.40. The van der Waals surface area contributed by atoms with Gasteiger partial charge >= 0.3 is 5.97 Å². The number of aliphatic hydroxyl groups is 1. The molecule has 0 radical (unpaired) electrons. The molecule has 1 aliphatic rings. The van der Waals surface area contributed by atoms with E-state index in [-0.39, 0.29) is 0 Å². The van der Waals surface area contributed by atoms with Gasteiger partial charge in [-0.2, -0.15) is 0 Å². The standard InChI is InChI=1S/C13H14ClNO4/c1-7-4-8(6-9(14)5-7)11(16)12(17)15-3-2-10(15)13(18)19/h4-6,10-11,16H,2-3H2,1H3,(H,18,19)/t10-,11+/m0/s1. The summed E-state index contributed by atoms with van der Waals surface area (Å²) in [6, 6.07) is 4.05. The Morgan fingerprint density at radius 1 is 1.42 bits per heavy atom. The third-order valence-electron chi connectivity index (χ3n) is 3.20. The van der Waals surface area contributed by atoms with Crippen LogP contribution in [0.15, 0.2) is 18.2 Å². The van der Waals surface area contributed by atoms with E-state index in [9.17, 15) is 14.7 Å². The summed E-state index contributed by atoms with van der Waals surface area (Å²) >= 11 is 5.88. The van der Waals surface area contributed by atoms with Crippen LogP contribution in [0.2, 0.25) is 5.02 Å². The normalized spacial score (nSPS) is 19.7. The highest BCUT2D eigenvalue weighted by Crippen LogP contribution is 2.26. The minimum atomic E-state index is -1.38. The molecule has 1 aromatic rings. The molecule has 1 aliphatic heterocycles. The van der Waals surface area contributed by atoms with Gasteiger partial charge in [0.15, 0.2) is 6.10 Å². The maximum Gasteiger partial charge on any atom is 0.326 e. The number of aliphatic carboxylic acids is 1. The second-order valence-electron chi connectivity index (χ2n) is 4.64. The molecule has 0 bridgehead atoms. The van der Waals surface area contributed by atoms with Crippen molar-refractivity contribution in [2.24, 2.45) is 0 Å². The predicted octanol–water partition coefficient (Wildman–Crippen LogP) is 1.37. The fourth-order valence-electron chi connectivity index (χ4n) is 2.13. The molecule has 1 amide bonds. The minimum absolute atomic E-state index is 0.354. The first-order chi connectivity index (χ1) is 8.90. The number of benzene rings is 1. The number of hydrogen-bond acceptors (Lipinski definition) is 3. The van der Waals surface area contributed by atoms with Crippen molar-refractivity contribution < 1.29 is 19.8 Å². The van der Waals surface area contributed by atoms with Gasteiger partial charge in [0.1, 0.15) is 6.04 Å². The van der Waals surface area contributed by atoms with E-state index in [0.29, 0.717) is 23.6 Å². The van der Waals surface area contributed by atoms with Crippen LogP contribution in [0.3, 0.4) is 0 Å². The van der Waals surface area contributed by atoms with Crippen molar-refractivity contribution in [2.75, 3.05) is 6.54 Å². The van der Waals surface area contributed by atoms with Crippen LogP contribution < -0.4 is 0 Å². The minimum Gasteiger partial charge on any atom is -0.480 e. The zero-order valence-corrected chi connectivity index (χ0v) is 11.1. The van der Waals surface area contributed by atoms with E-state index in [1.165, 1.54) is 11.0 Å². The molecule has 0 spiro atoms. The van der Waals surface area contributed by atoms with E-state index in [4.69, 9.17) is 16.7 Å². The van der Waals surface area contributed by atoms with Crippen LogP contribution in [0, 0.1) is 6.92 Å². The number of likely N-dealkylation sites (tertiary alicyclic amines) is 1. The van der Waals surface area contributed by atoms with Crippen LogP contribution in [0.5, 0.6) is 0 Å². The second-order valence-corrected chi connectivity index (χ2v) is 5.08. The van der Waals surface area contributed by atoms with Gasteiger partial charge in [-0.05, 0) is 36.6 Å². The number of carbonyl (C=O) groups is 2. The van der Waals surface area contributed by atoms with Crippen LogP contribution in [0.25, 0.3) is 0 Å². The van der Waals surface area contributed by atoms with E-state index in [1.54, 1.807) is 19.1 Å². The molecule has 0 saturated carbocycles. The number of carbonyl (C=O) groups excluding carboxylic acids is 1. The summed E-state index contributed by atoms with van der Waals surface area (Å²) in [6.07, 6.45) is -0.956. The number of aryl methyl sites for hydroxylation is 1. The quantitative estimate of drug-likeness (QED) is 0.878. The first-order valence-corrected chi connectivity index (χ1v) is 6.26. The molecule has 2 rings (SSSR count). The van der Waals surface area contributed by atoms with E-state index >= 15 is 0 Å². The zero-order chi connectivity index (χ0) is 14.2. The monoisotopic (exact) mass is 283 g/mol. The number of carboxylic acids is 1. The summed E-state index contributed by atoms with van der Waals surface area (Å²) in [6.45, 7) is 2.16. The third-order valence-corrected chi connectivity index (χ3v) is 3.42. The van der Waals surface area contributed by atoms with Gasteiger partial charge in [-0.1, -0.05) is 17.7 Å². The Kier molecular flexibility index (Phi) is 3.78. The number of hydrogen-bond donors (Lipinski definition) is 2.